The third-order valence-corrected chi connectivity index (χ3v) is 11.8. The number of hydrazine groups is 1. The van der Waals surface area contributed by atoms with Gasteiger partial charge in [0.15, 0.2) is 5.82 Å². The van der Waals surface area contributed by atoms with Crippen LogP contribution >= 0.6 is 11.3 Å². The average Bonchev–Trinajstić information content (AvgIpc) is 3.65. The van der Waals surface area contributed by atoms with E-state index in [4.69, 9.17) is 14.7 Å². The monoisotopic (exact) mass is 702 g/mol. The van der Waals surface area contributed by atoms with Crippen molar-refractivity contribution in [2.45, 2.75) is 45.8 Å². The van der Waals surface area contributed by atoms with Crippen molar-refractivity contribution >= 4 is 54.2 Å². The summed E-state index contributed by atoms with van der Waals surface area (Å²) in [7, 11) is -3.16. The number of fused-ring (bicyclic) bond motifs is 2. The van der Waals surface area contributed by atoms with Gasteiger partial charge < -0.3 is 14.2 Å². The molecule has 0 aliphatic carbocycles. The number of sulfonamides is 1. The second-order valence-electron chi connectivity index (χ2n) is 14.1. The molecule has 5 aromatic rings. The van der Waals surface area contributed by atoms with E-state index in [0.29, 0.717) is 51.9 Å². The van der Waals surface area contributed by atoms with Crippen molar-refractivity contribution < 1.29 is 13.2 Å². The molecule has 2 aliphatic heterocycles. The second-order valence-corrected chi connectivity index (χ2v) is 17.2. The number of hydrogen-bond acceptors (Lipinski definition) is 10. The molecular formula is C36H46N8O3S2. The van der Waals surface area contributed by atoms with Crippen LogP contribution in [0.2, 0.25) is 0 Å². The van der Waals surface area contributed by atoms with Crippen molar-refractivity contribution in [3.05, 3.63) is 82.4 Å². The molecule has 2 saturated heterocycles. The van der Waals surface area contributed by atoms with E-state index in [2.05, 4.69) is 107 Å². The van der Waals surface area contributed by atoms with Crippen LogP contribution in [-0.4, -0.2) is 90.9 Å². The summed E-state index contributed by atoms with van der Waals surface area (Å²) in [6.07, 6.45) is 3.52. The van der Waals surface area contributed by atoms with E-state index in [1.54, 1.807) is 15.6 Å². The van der Waals surface area contributed by atoms with Crippen molar-refractivity contribution in [3.8, 4) is 0 Å². The maximum atomic E-state index is 12.0. The zero-order valence-electron chi connectivity index (χ0n) is 28.8. The van der Waals surface area contributed by atoms with E-state index in [1.165, 1.54) is 38.7 Å². The topological polar surface area (TPSA) is 108 Å². The third-order valence-electron chi connectivity index (χ3n) is 9.42. The van der Waals surface area contributed by atoms with Crippen molar-refractivity contribution in [2.75, 3.05) is 69.1 Å². The Hall–Kier alpha value is -3.59. The number of ether oxygens (including phenoxy) is 1. The SMILES string of the molecule is CC(C)(C)c1ccc(Cn2cc(CNNc3nc(N4CCOCC4)c4sc(CN5CCN(S(C)(=O)=O)CC5)cc4n3)c3ccccc32)cc1. The summed E-state index contributed by atoms with van der Waals surface area (Å²) in [4.78, 5) is 15.7. The molecule has 49 heavy (non-hydrogen) atoms. The summed E-state index contributed by atoms with van der Waals surface area (Å²) < 4.78 is 34.5. The van der Waals surface area contributed by atoms with Crippen molar-refractivity contribution in [3.63, 3.8) is 0 Å². The van der Waals surface area contributed by atoms with Crippen LogP contribution in [0.1, 0.15) is 42.3 Å². The number of anilines is 2. The van der Waals surface area contributed by atoms with Crippen LogP contribution in [-0.2, 0) is 39.8 Å². The van der Waals surface area contributed by atoms with Gasteiger partial charge in [0, 0.05) is 80.9 Å². The van der Waals surface area contributed by atoms with Crippen LogP contribution in [0.4, 0.5) is 11.8 Å². The maximum Gasteiger partial charge on any atom is 0.239 e. The van der Waals surface area contributed by atoms with Crippen LogP contribution in [0, 0.1) is 0 Å². The lowest BCUT2D eigenvalue weighted by Crippen LogP contribution is -2.47. The number of nitrogens with one attached hydrogen (secondary N) is 2. The minimum absolute atomic E-state index is 0.132. The molecule has 0 bridgehead atoms. The highest BCUT2D eigenvalue weighted by molar-refractivity contribution is 7.88. The van der Waals surface area contributed by atoms with Crippen LogP contribution in [0.15, 0.2) is 60.8 Å². The largest absolute Gasteiger partial charge is 0.378 e. The smallest absolute Gasteiger partial charge is 0.239 e. The van der Waals surface area contributed by atoms with E-state index >= 15 is 0 Å². The summed E-state index contributed by atoms with van der Waals surface area (Å²) >= 11 is 1.72. The normalized spacial score (nSPS) is 16.9. The molecule has 2 N–H and O–H groups in total. The van der Waals surface area contributed by atoms with Crippen molar-refractivity contribution in [2.24, 2.45) is 0 Å². The number of rotatable bonds is 10. The fraction of sp³-hybridized carbons (Fsp3) is 0.444. The lowest BCUT2D eigenvalue weighted by Gasteiger charge is -2.32. The first-order valence-electron chi connectivity index (χ1n) is 17.0. The fourth-order valence-electron chi connectivity index (χ4n) is 6.65. The van der Waals surface area contributed by atoms with Crippen molar-refractivity contribution in [1.29, 1.82) is 0 Å². The van der Waals surface area contributed by atoms with Gasteiger partial charge in [-0.25, -0.2) is 18.8 Å². The Balaban J connectivity index is 1.07. The van der Waals surface area contributed by atoms with Gasteiger partial charge in [0.25, 0.3) is 0 Å². The summed E-state index contributed by atoms with van der Waals surface area (Å²) in [5.74, 6) is 1.45. The Morgan fingerprint density at radius 1 is 0.918 bits per heavy atom. The predicted octanol–water partition coefficient (Wildman–Crippen LogP) is 5.02. The van der Waals surface area contributed by atoms with Gasteiger partial charge in [0.05, 0.1) is 29.7 Å². The van der Waals surface area contributed by atoms with Crippen LogP contribution in [0.25, 0.3) is 21.1 Å². The van der Waals surface area contributed by atoms with Crippen LogP contribution in [0.5, 0.6) is 0 Å². The molecule has 0 radical (unpaired) electrons. The summed E-state index contributed by atoms with van der Waals surface area (Å²) in [5, 5.41) is 1.22. The molecule has 2 aromatic carbocycles. The molecule has 0 unspecified atom stereocenters. The average molecular weight is 703 g/mol. The number of para-hydroxylation sites is 1. The van der Waals surface area contributed by atoms with Gasteiger partial charge in [-0.15, -0.1) is 11.3 Å². The molecular weight excluding hydrogens is 657 g/mol. The molecule has 7 rings (SSSR count). The van der Waals surface area contributed by atoms with Gasteiger partial charge in [0.2, 0.25) is 16.0 Å². The van der Waals surface area contributed by atoms with E-state index < -0.39 is 10.0 Å². The standard InChI is InChI=1S/C36H46N8O3S2/c1-36(2,3)28-11-9-26(10-12-28)23-43-24-27(30-7-5-6-8-32(30)43)22-37-40-35-38-31-21-29(25-41-13-15-44(16-14-41)49(4,45)46)48-33(31)34(39-35)42-17-19-47-20-18-42/h5-12,21,24,37H,13-20,22-23,25H2,1-4H3,(H,38,39,40). The van der Waals surface area contributed by atoms with Gasteiger partial charge >= 0.3 is 0 Å². The number of nitrogens with zero attached hydrogens (tertiary/aromatic N) is 6. The third kappa shape index (κ3) is 7.77. The first kappa shape index (κ1) is 33.9. The Morgan fingerprint density at radius 2 is 1.65 bits per heavy atom. The number of hydrogen-bond donors (Lipinski definition) is 2. The number of morpholine rings is 1. The molecule has 5 heterocycles. The molecule has 3 aromatic heterocycles. The Kier molecular flexibility index (Phi) is 9.66. The second kappa shape index (κ2) is 14.0. The van der Waals surface area contributed by atoms with E-state index in [9.17, 15) is 8.42 Å². The predicted molar refractivity (Wildman–Crippen MR) is 199 cm³/mol. The molecule has 0 saturated carbocycles. The van der Waals surface area contributed by atoms with Gasteiger partial charge in [-0.05, 0) is 34.2 Å². The van der Waals surface area contributed by atoms with E-state index in [0.717, 1.165) is 42.2 Å². The maximum absolute atomic E-state index is 12.0. The highest BCUT2D eigenvalue weighted by Gasteiger charge is 2.25. The molecule has 0 amide bonds. The first-order chi connectivity index (χ1) is 23.5. The fourth-order valence-corrected chi connectivity index (χ4v) is 8.63. The summed E-state index contributed by atoms with van der Waals surface area (Å²) in [6, 6.07) is 19.7. The molecule has 2 aliphatic rings. The number of benzene rings is 2. The minimum atomic E-state index is -3.16. The Morgan fingerprint density at radius 3 is 2.37 bits per heavy atom. The molecule has 0 atom stereocenters. The highest BCUT2D eigenvalue weighted by atomic mass is 32.2. The number of aromatic nitrogens is 3. The van der Waals surface area contributed by atoms with Gasteiger partial charge in [-0.1, -0.05) is 63.2 Å². The molecule has 260 valence electrons. The van der Waals surface area contributed by atoms with Crippen LogP contribution in [0.3, 0.4) is 0 Å². The number of thiophene rings is 1. The quantitative estimate of drug-likeness (QED) is 0.194. The Labute approximate surface area is 292 Å². The Bertz CT molecular complexity index is 2020. The molecule has 13 heteroatoms. The lowest BCUT2D eigenvalue weighted by atomic mass is 9.87. The zero-order chi connectivity index (χ0) is 34.2. The highest BCUT2D eigenvalue weighted by Crippen LogP contribution is 2.34. The van der Waals surface area contributed by atoms with Gasteiger partial charge in [0.1, 0.15) is 0 Å². The minimum Gasteiger partial charge on any atom is -0.378 e. The number of piperazine rings is 1. The summed E-state index contributed by atoms with van der Waals surface area (Å²) in [6.45, 7) is 14.2. The van der Waals surface area contributed by atoms with Gasteiger partial charge in [-0.2, -0.15) is 9.29 Å². The van der Waals surface area contributed by atoms with Crippen molar-refractivity contribution in [1.82, 2.24) is 29.2 Å². The molecule has 0 spiro atoms. The zero-order valence-corrected chi connectivity index (χ0v) is 30.4. The van der Waals surface area contributed by atoms with E-state index in [-0.39, 0.29) is 5.41 Å². The summed E-state index contributed by atoms with van der Waals surface area (Å²) in [5.41, 5.74) is 12.8. The van der Waals surface area contributed by atoms with E-state index in [1.807, 2.05) is 0 Å². The van der Waals surface area contributed by atoms with Gasteiger partial charge in [-0.3, -0.25) is 10.3 Å². The first-order valence-corrected chi connectivity index (χ1v) is 19.6. The molecule has 2 fully saturated rings. The van der Waals surface area contributed by atoms with Crippen LogP contribution < -0.4 is 15.8 Å². The molecule has 11 nitrogen and oxygen atoms in total. The lowest BCUT2D eigenvalue weighted by molar-refractivity contribution is 0.122.